The summed E-state index contributed by atoms with van der Waals surface area (Å²) in [6.07, 6.45) is 0.192. The number of hydrogen-bond donors (Lipinski definition) is 1. The highest BCUT2D eigenvalue weighted by atomic mass is 35.5. The minimum Gasteiger partial charge on any atom is -0.511 e. The molecule has 1 saturated heterocycles. The third-order valence-corrected chi connectivity index (χ3v) is 4.11. The maximum atomic E-state index is 12.3. The fraction of sp³-hybridized carbons (Fsp3) is 0.444. The number of allylic oxidation sites excluding steroid dienone is 1. The number of hydrogen-bond acceptors (Lipinski definition) is 4. The fourth-order valence-electron chi connectivity index (χ4n) is 2.63. The standard InChI is InChI=1S/C18H21ClO4/c1-10(2)8-14-17(21)15(18(22)23-14)16(20)11(3)9-12-4-6-13(19)7-5-12/h4-7,10-11,14,20H,8-9H2,1-3H3/b16-15+. The second-order valence-corrected chi connectivity index (χ2v) is 6.82. The molecule has 0 bridgehead atoms. The van der Waals surface area contributed by atoms with Gasteiger partial charge in [-0.05, 0) is 36.5 Å². The van der Waals surface area contributed by atoms with Crippen molar-refractivity contribution in [3.8, 4) is 0 Å². The van der Waals surface area contributed by atoms with Crippen LogP contribution in [0.1, 0.15) is 32.8 Å². The van der Waals surface area contributed by atoms with Gasteiger partial charge >= 0.3 is 5.97 Å². The lowest BCUT2D eigenvalue weighted by molar-refractivity contribution is -0.141. The van der Waals surface area contributed by atoms with Crippen molar-refractivity contribution in [2.24, 2.45) is 11.8 Å². The number of aliphatic hydroxyl groups is 1. The molecule has 1 heterocycles. The molecule has 23 heavy (non-hydrogen) atoms. The molecule has 1 aromatic carbocycles. The van der Waals surface area contributed by atoms with Crippen molar-refractivity contribution < 1.29 is 19.4 Å². The van der Waals surface area contributed by atoms with E-state index in [4.69, 9.17) is 16.3 Å². The van der Waals surface area contributed by atoms with Crippen molar-refractivity contribution in [3.63, 3.8) is 0 Å². The summed E-state index contributed by atoms with van der Waals surface area (Å²) in [6, 6.07) is 7.24. The quantitative estimate of drug-likeness (QED) is 0.383. The molecular weight excluding hydrogens is 316 g/mol. The lowest BCUT2D eigenvalue weighted by atomic mass is 9.93. The fourth-order valence-corrected chi connectivity index (χ4v) is 2.76. The first kappa shape index (κ1) is 17.5. The van der Waals surface area contributed by atoms with Gasteiger partial charge in [-0.15, -0.1) is 0 Å². The maximum absolute atomic E-state index is 12.3. The molecule has 0 amide bonds. The zero-order valence-corrected chi connectivity index (χ0v) is 14.3. The first-order valence-electron chi connectivity index (χ1n) is 7.72. The normalized spacial score (nSPS) is 21.5. The van der Waals surface area contributed by atoms with Gasteiger partial charge in [0.25, 0.3) is 0 Å². The van der Waals surface area contributed by atoms with E-state index in [0.29, 0.717) is 17.9 Å². The van der Waals surface area contributed by atoms with E-state index in [9.17, 15) is 14.7 Å². The molecule has 1 N–H and O–H groups in total. The first-order chi connectivity index (χ1) is 10.8. The molecule has 2 rings (SSSR count). The Labute approximate surface area is 141 Å². The van der Waals surface area contributed by atoms with Gasteiger partial charge in [-0.25, -0.2) is 4.79 Å². The van der Waals surface area contributed by atoms with E-state index in [0.717, 1.165) is 5.56 Å². The Morgan fingerprint density at radius 1 is 1.22 bits per heavy atom. The number of carbonyl (C=O) groups excluding carboxylic acids is 2. The van der Waals surface area contributed by atoms with E-state index in [-0.39, 0.29) is 23.2 Å². The van der Waals surface area contributed by atoms with Crippen LogP contribution in [0.15, 0.2) is 35.6 Å². The average molecular weight is 337 g/mol. The van der Waals surface area contributed by atoms with Crippen LogP contribution >= 0.6 is 11.6 Å². The van der Waals surface area contributed by atoms with Crippen LogP contribution in [0.3, 0.4) is 0 Å². The molecule has 0 saturated carbocycles. The number of ether oxygens (including phenoxy) is 1. The predicted octanol–water partition coefficient (Wildman–Crippen LogP) is 3.87. The Morgan fingerprint density at radius 2 is 1.83 bits per heavy atom. The molecule has 0 aromatic heterocycles. The SMILES string of the molecule is CC(C)CC1OC(=O)/C(=C(/O)C(C)Cc2ccc(Cl)cc2)C1=O. The molecule has 1 fully saturated rings. The Hall–Kier alpha value is -1.81. The van der Waals surface area contributed by atoms with Crippen molar-refractivity contribution in [1.82, 2.24) is 0 Å². The summed E-state index contributed by atoms with van der Waals surface area (Å²) in [5.74, 6) is -1.46. The van der Waals surface area contributed by atoms with E-state index < -0.39 is 17.9 Å². The van der Waals surface area contributed by atoms with E-state index in [2.05, 4.69) is 0 Å². The van der Waals surface area contributed by atoms with Crippen LogP contribution in [0, 0.1) is 11.8 Å². The summed E-state index contributed by atoms with van der Waals surface area (Å²) in [4.78, 5) is 24.3. The smallest absolute Gasteiger partial charge is 0.346 e. The van der Waals surface area contributed by atoms with Crippen molar-refractivity contribution in [2.45, 2.75) is 39.7 Å². The van der Waals surface area contributed by atoms with E-state index >= 15 is 0 Å². The van der Waals surface area contributed by atoms with Gasteiger partial charge in [0.1, 0.15) is 11.3 Å². The highest BCUT2D eigenvalue weighted by Crippen LogP contribution is 2.28. The minimum atomic E-state index is -0.776. The molecular formula is C18H21ClO4. The third-order valence-electron chi connectivity index (χ3n) is 3.86. The van der Waals surface area contributed by atoms with Gasteiger partial charge in [0.05, 0.1) is 0 Å². The summed E-state index contributed by atoms with van der Waals surface area (Å²) in [5, 5.41) is 11.0. The molecule has 1 aliphatic heterocycles. The Balaban J connectivity index is 2.17. The highest BCUT2D eigenvalue weighted by Gasteiger charge is 2.41. The van der Waals surface area contributed by atoms with Gasteiger partial charge in [-0.3, -0.25) is 4.79 Å². The number of halogens is 1. The summed E-state index contributed by atoms with van der Waals surface area (Å²) >= 11 is 5.85. The van der Waals surface area contributed by atoms with Gasteiger partial charge in [-0.2, -0.15) is 0 Å². The molecule has 124 valence electrons. The molecule has 0 spiro atoms. The highest BCUT2D eigenvalue weighted by molar-refractivity contribution is 6.30. The van der Waals surface area contributed by atoms with Crippen LogP contribution in [0.25, 0.3) is 0 Å². The average Bonchev–Trinajstić information content (AvgIpc) is 2.74. The molecule has 0 aliphatic carbocycles. The second-order valence-electron chi connectivity index (χ2n) is 6.38. The van der Waals surface area contributed by atoms with Gasteiger partial charge in [0.2, 0.25) is 5.78 Å². The maximum Gasteiger partial charge on any atom is 0.346 e. The number of ketones is 1. The van der Waals surface area contributed by atoms with E-state index in [1.165, 1.54) is 0 Å². The van der Waals surface area contributed by atoms with Crippen LogP contribution in [0.5, 0.6) is 0 Å². The topological polar surface area (TPSA) is 63.6 Å². The zero-order chi connectivity index (χ0) is 17.1. The number of benzene rings is 1. The van der Waals surface area contributed by atoms with Gasteiger partial charge in [0, 0.05) is 10.9 Å². The largest absolute Gasteiger partial charge is 0.511 e. The first-order valence-corrected chi connectivity index (χ1v) is 8.10. The van der Waals surface area contributed by atoms with Crippen LogP contribution in [0.2, 0.25) is 5.02 Å². The van der Waals surface area contributed by atoms with Crippen LogP contribution in [0.4, 0.5) is 0 Å². The van der Waals surface area contributed by atoms with Crippen molar-refractivity contribution in [3.05, 3.63) is 46.2 Å². The van der Waals surface area contributed by atoms with Gasteiger partial charge in [0.15, 0.2) is 6.10 Å². The minimum absolute atomic E-state index is 0.193. The summed E-state index contributed by atoms with van der Waals surface area (Å²) in [7, 11) is 0. The summed E-state index contributed by atoms with van der Waals surface area (Å²) in [5.41, 5.74) is 0.767. The molecule has 2 atom stereocenters. The van der Waals surface area contributed by atoms with E-state index in [1.807, 2.05) is 26.0 Å². The molecule has 1 aliphatic rings. The summed E-state index contributed by atoms with van der Waals surface area (Å²) < 4.78 is 5.11. The predicted molar refractivity (Wildman–Crippen MR) is 88.3 cm³/mol. The number of aliphatic hydroxyl groups excluding tert-OH is 1. The second kappa shape index (κ2) is 7.18. The van der Waals surface area contributed by atoms with Gasteiger partial charge in [-0.1, -0.05) is 44.5 Å². The number of esters is 1. The van der Waals surface area contributed by atoms with Crippen molar-refractivity contribution in [2.75, 3.05) is 0 Å². The Kier molecular flexibility index (Phi) is 5.47. The van der Waals surface area contributed by atoms with Crippen LogP contribution < -0.4 is 0 Å². The number of cyclic esters (lactones) is 1. The van der Waals surface area contributed by atoms with Crippen molar-refractivity contribution in [1.29, 1.82) is 0 Å². The lowest BCUT2D eigenvalue weighted by Gasteiger charge is -2.12. The number of Topliss-reactive ketones (excluding diaryl/α,β-unsaturated/α-hetero) is 1. The Bertz CT molecular complexity index is 631. The number of rotatable bonds is 5. The summed E-state index contributed by atoms with van der Waals surface area (Å²) in [6.45, 7) is 5.67. The molecule has 5 heteroatoms. The van der Waals surface area contributed by atoms with Crippen molar-refractivity contribution >= 4 is 23.4 Å². The monoisotopic (exact) mass is 336 g/mol. The molecule has 0 radical (unpaired) electrons. The molecule has 2 unspecified atom stereocenters. The Morgan fingerprint density at radius 3 is 2.39 bits per heavy atom. The number of carbonyl (C=O) groups is 2. The lowest BCUT2D eigenvalue weighted by Crippen LogP contribution is -2.19. The van der Waals surface area contributed by atoms with Crippen LogP contribution in [-0.4, -0.2) is 23.0 Å². The molecule has 4 nitrogen and oxygen atoms in total. The van der Waals surface area contributed by atoms with E-state index in [1.54, 1.807) is 19.1 Å². The molecule has 1 aromatic rings. The van der Waals surface area contributed by atoms with Crippen LogP contribution in [-0.2, 0) is 20.7 Å². The third kappa shape index (κ3) is 4.14. The van der Waals surface area contributed by atoms with Gasteiger partial charge < -0.3 is 9.84 Å². The zero-order valence-electron chi connectivity index (χ0n) is 13.5.